The Kier molecular flexibility index (Phi) is 2.68. The van der Waals surface area contributed by atoms with Gasteiger partial charge in [0.25, 0.3) is 0 Å². The number of fused-ring (bicyclic) bond motifs is 1. The number of nitrogens with zero attached hydrogens (tertiary/aromatic N) is 3. The monoisotopic (exact) mass is 233 g/mol. The fourth-order valence-electron chi connectivity index (χ4n) is 2.29. The minimum absolute atomic E-state index is 0.235. The van der Waals surface area contributed by atoms with Crippen LogP contribution in [0.25, 0.3) is 5.65 Å². The summed E-state index contributed by atoms with van der Waals surface area (Å²) in [7, 11) is 0. The van der Waals surface area contributed by atoms with Crippen LogP contribution in [0.2, 0.25) is 0 Å². The molecule has 5 heteroatoms. The molecule has 0 aliphatic carbocycles. The lowest BCUT2D eigenvalue weighted by Gasteiger charge is -2.20. The predicted molar refractivity (Wildman–Crippen MR) is 61.9 cm³/mol. The summed E-state index contributed by atoms with van der Waals surface area (Å²) in [5.74, 6) is 1.64. The second kappa shape index (κ2) is 4.33. The summed E-state index contributed by atoms with van der Waals surface area (Å²) >= 11 is 0. The molecule has 3 heterocycles. The lowest BCUT2D eigenvalue weighted by Crippen LogP contribution is -2.20. The maximum atomic E-state index is 9.48. The molecule has 17 heavy (non-hydrogen) atoms. The van der Waals surface area contributed by atoms with Gasteiger partial charge >= 0.3 is 0 Å². The van der Waals surface area contributed by atoms with Crippen LogP contribution in [0, 0.1) is 5.92 Å². The Hall–Kier alpha value is -1.62. The number of hydrogen-bond donors (Lipinski definition) is 1. The maximum absolute atomic E-state index is 9.48. The number of pyridine rings is 1. The Morgan fingerprint density at radius 3 is 3.18 bits per heavy atom. The van der Waals surface area contributed by atoms with E-state index in [0.29, 0.717) is 5.92 Å². The van der Waals surface area contributed by atoms with Gasteiger partial charge in [0.1, 0.15) is 11.6 Å². The van der Waals surface area contributed by atoms with Crippen molar-refractivity contribution in [1.82, 2.24) is 14.6 Å². The highest BCUT2D eigenvalue weighted by atomic mass is 16.5. The van der Waals surface area contributed by atoms with Crippen molar-refractivity contribution < 1.29 is 9.84 Å². The largest absolute Gasteiger partial charge is 0.506 e. The van der Waals surface area contributed by atoms with Gasteiger partial charge in [-0.2, -0.15) is 0 Å². The average Bonchev–Trinajstić information content (AvgIpc) is 2.73. The Balaban J connectivity index is 1.86. The van der Waals surface area contributed by atoms with Gasteiger partial charge in [-0.05, 0) is 30.9 Å². The summed E-state index contributed by atoms with van der Waals surface area (Å²) in [6, 6.07) is 3.39. The van der Waals surface area contributed by atoms with Crippen LogP contribution >= 0.6 is 0 Å². The van der Waals surface area contributed by atoms with Crippen LogP contribution in [0.5, 0.6) is 5.75 Å². The average molecular weight is 233 g/mol. The lowest BCUT2D eigenvalue weighted by molar-refractivity contribution is 0.0542. The second-order valence-corrected chi connectivity index (χ2v) is 4.52. The van der Waals surface area contributed by atoms with Gasteiger partial charge in [0.15, 0.2) is 5.65 Å². The molecule has 1 saturated heterocycles. The minimum atomic E-state index is 0.235. The third kappa shape index (κ3) is 2.10. The fraction of sp³-hybridized carbons (Fsp3) is 0.500. The summed E-state index contributed by atoms with van der Waals surface area (Å²) in [5, 5.41) is 17.7. The highest BCUT2D eigenvalue weighted by molar-refractivity contribution is 5.40. The van der Waals surface area contributed by atoms with Crippen molar-refractivity contribution in [2.45, 2.75) is 19.3 Å². The van der Waals surface area contributed by atoms with E-state index in [4.69, 9.17) is 4.74 Å². The van der Waals surface area contributed by atoms with Crippen molar-refractivity contribution in [3.05, 3.63) is 24.2 Å². The van der Waals surface area contributed by atoms with Gasteiger partial charge < -0.3 is 9.84 Å². The molecule has 1 aliphatic rings. The van der Waals surface area contributed by atoms with Gasteiger partial charge in [0.2, 0.25) is 0 Å². The van der Waals surface area contributed by atoms with Crippen molar-refractivity contribution in [2.24, 2.45) is 5.92 Å². The molecule has 1 unspecified atom stereocenters. The minimum Gasteiger partial charge on any atom is -0.506 e. The van der Waals surface area contributed by atoms with Crippen LogP contribution in [0.15, 0.2) is 18.3 Å². The van der Waals surface area contributed by atoms with Crippen LogP contribution in [-0.2, 0) is 11.2 Å². The smallest absolute Gasteiger partial charge is 0.161 e. The molecule has 3 rings (SSSR count). The van der Waals surface area contributed by atoms with Crippen molar-refractivity contribution in [2.75, 3.05) is 13.2 Å². The molecular weight excluding hydrogens is 218 g/mol. The molecule has 1 aliphatic heterocycles. The topological polar surface area (TPSA) is 59.7 Å². The molecule has 0 aromatic carbocycles. The molecular formula is C12H15N3O2. The van der Waals surface area contributed by atoms with Gasteiger partial charge in [0, 0.05) is 19.6 Å². The van der Waals surface area contributed by atoms with E-state index < -0.39 is 0 Å². The molecule has 0 radical (unpaired) electrons. The highest BCUT2D eigenvalue weighted by Crippen LogP contribution is 2.19. The molecule has 0 saturated carbocycles. The maximum Gasteiger partial charge on any atom is 0.161 e. The van der Waals surface area contributed by atoms with E-state index in [0.717, 1.165) is 37.5 Å². The van der Waals surface area contributed by atoms with Crippen molar-refractivity contribution in [3.63, 3.8) is 0 Å². The molecule has 0 amide bonds. The normalized spacial score (nSPS) is 20.8. The number of rotatable bonds is 2. The summed E-state index contributed by atoms with van der Waals surface area (Å²) in [4.78, 5) is 0. The molecule has 1 fully saturated rings. The zero-order valence-corrected chi connectivity index (χ0v) is 9.54. The molecule has 1 N–H and O–H groups in total. The SMILES string of the molecule is Oc1ccc2nnc(CC3CCCOC3)n2c1. The first-order valence-electron chi connectivity index (χ1n) is 5.93. The van der Waals surface area contributed by atoms with E-state index in [2.05, 4.69) is 10.2 Å². The number of aromatic nitrogens is 3. The van der Waals surface area contributed by atoms with Crippen LogP contribution in [0.1, 0.15) is 18.7 Å². The standard InChI is InChI=1S/C12H15N3O2/c16-10-3-4-11-13-14-12(15(11)7-10)6-9-2-1-5-17-8-9/h3-4,7,9,16H,1-2,5-6,8H2. The van der Waals surface area contributed by atoms with Crippen LogP contribution in [0.4, 0.5) is 0 Å². The van der Waals surface area contributed by atoms with E-state index in [-0.39, 0.29) is 5.75 Å². The quantitative estimate of drug-likeness (QED) is 0.851. The first-order chi connectivity index (χ1) is 8.33. The van der Waals surface area contributed by atoms with Gasteiger partial charge in [-0.15, -0.1) is 10.2 Å². The Morgan fingerprint density at radius 2 is 2.35 bits per heavy atom. The molecule has 5 nitrogen and oxygen atoms in total. The van der Waals surface area contributed by atoms with E-state index >= 15 is 0 Å². The van der Waals surface area contributed by atoms with Crippen molar-refractivity contribution in [1.29, 1.82) is 0 Å². The zero-order chi connectivity index (χ0) is 11.7. The third-order valence-corrected chi connectivity index (χ3v) is 3.18. The molecule has 0 spiro atoms. The fourth-order valence-corrected chi connectivity index (χ4v) is 2.29. The summed E-state index contributed by atoms with van der Waals surface area (Å²) in [6.07, 6.45) is 4.80. The van der Waals surface area contributed by atoms with Crippen LogP contribution in [0.3, 0.4) is 0 Å². The van der Waals surface area contributed by atoms with Crippen LogP contribution < -0.4 is 0 Å². The van der Waals surface area contributed by atoms with E-state index in [1.807, 2.05) is 4.40 Å². The first kappa shape index (κ1) is 10.5. The first-order valence-corrected chi connectivity index (χ1v) is 5.93. The Bertz CT molecular complexity index is 517. The molecule has 2 aromatic rings. The number of ether oxygens (including phenoxy) is 1. The van der Waals surface area contributed by atoms with Gasteiger partial charge in [-0.1, -0.05) is 0 Å². The van der Waals surface area contributed by atoms with E-state index in [1.165, 1.54) is 6.42 Å². The lowest BCUT2D eigenvalue weighted by atomic mass is 9.98. The van der Waals surface area contributed by atoms with Crippen molar-refractivity contribution >= 4 is 5.65 Å². The third-order valence-electron chi connectivity index (χ3n) is 3.18. The number of aromatic hydroxyl groups is 1. The Labute approximate surface area is 99.0 Å². The highest BCUT2D eigenvalue weighted by Gasteiger charge is 2.17. The summed E-state index contributed by atoms with van der Waals surface area (Å²) < 4.78 is 7.31. The molecule has 90 valence electrons. The van der Waals surface area contributed by atoms with Gasteiger partial charge in [0.05, 0.1) is 6.20 Å². The van der Waals surface area contributed by atoms with Crippen molar-refractivity contribution in [3.8, 4) is 5.75 Å². The van der Waals surface area contributed by atoms with E-state index in [9.17, 15) is 5.11 Å². The van der Waals surface area contributed by atoms with Gasteiger partial charge in [-0.25, -0.2) is 0 Å². The second-order valence-electron chi connectivity index (χ2n) is 4.52. The summed E-state index contributed by atoms with van der Waals surface area (Å²) in [5.41, 5.74) is 0.773. The zero-order valence-electron chi connectivity index (χ0n) is 9.54. The van der Waals surface area contributed by atoms with Gasteiger partial charge in [-0.3, -0.25) is 4.40 Å². The summed E-state index contributed by atoms with van der Waals surface area (Å²) in [6.45, 7) is 1.67. The number of hydrogen-bond acceptors (Lipinski definition) is 4. The van der Waals surface area contributed by atoms with Crippen LogP contribution in [-0.4, -0.2) is 32.9 Å². The predicted octanol–water partition coefficient (Wildman–Crippen LogP) is 1.40. The molecule has 0 bridgehead atoms. The molecule has 2 aromatic heterocycles. The van der Waals surface area contributed by atoms with E-state index in [1.54, 1.807) is 18.3 Å². The Morgan fingerprint density at radius 1 is 1.41 bits per heavy atom. The molecule has 1 atom stereocenters.